The van der Waals surface area contributed by atoms with Crippen LogP contribution in [0, 0.1) is 29.6 Å². The fourth-order valence-corrected chi connectivity index (χ4v) is 4.09. The molecule has 0 spiro atoms. The van der Waals surface area contributed by atoms with E-state index in [0.29, 0.717) is 41.2 Å². The van der Waals surface area contributed by atoms with E-state index in [1.165, 1.54) is 17.2 Å². The molecule has 204 valence electrons. The predicted molar refractivity (Wildman–Crippen MR) is 156 cm³/mol. The summed E-state index contributed by atoms with van der Waals surface area (Å²) in [5.74, 6) is 0.657. The van der Waals surface area contributed by atoms with Crippen LogP contribution in [0.15, 0.2) is 95.0 Å². The van der Waals surface area contributed by atoms with Gasteiger partial charge in [-0.25, -0.2) is 0 Å². The molecule has 7 heteroatoms. The summed E-state index contributed by atoms with van der Waals surface area (Å²) in [4.78, 5) is 13.0. The van der Waals surface area contributed by atoms with Crippen molar-refractivity contribution in [3.63, 3.8) is 0 Å². The lowest BCUT2D eigenvalue weighted by molar-refractivity contribution is -0.118. The van der Waals surface area contributed by atoms with Gasteiger partial charge in [0.2, 0.25) is 0 Å². The molecule has 0 fully saturated rings. The number of aliphatic hydroxyl groups excluding tert-OH is 1. The molecular weight excluding hydrogens is 500 g/mol. The lowest BCUT2D eigenvalue weighted by atomic mass is 10.0. The highest BCUT2D eigenvalue weighted by atomic mass is 16.3. The van der Waals surface area contributed by atoms with Gasteiger partial charge in [-0.05, 0) is 68.7 Å². The third kappa shape index (κ3) is 8.15. The Kier molecular flexibility index (Phi) is 10.8. The molecule has 0 saturated carbocycles. The first-order valence-electron chi connectivity index (χ1n) is 13.0. The Morgan fingerprint density at radius 2 is 1.80 bits per heavy atom. The van der Waals surface area contributed by atoms with Crippen molar-refractivity contribution in [2.45, 2.75) is 45.8 Å². The molecule has 40 heavy (non-hydrogen) atoms. The third-order valence-corrected chi connectivity index (χ3v) is 6.52. The second-order valence-electron chi connectivity index (χ2n) is 9.54. The number of hydrogen-bond acceptors (Lipinski definition) is 6. The molecule has 7 nitrogen and oxygen atoms in total. The molecule has 3 N–H and O–H groups in total. The number of nitrogens with zero attached hydrogens (tertiary/aromatic N) is 2. The van der Waals surface area contributed by atoms with E-state index in [1.54, 1.807) is 43.3 Å². The summed E-state index contributed by atoms with van der Waals surface area (Å²) in [7, 11) is 0. The van der Waals surface area contributed by atoms with Gasteiger partial charge < -0.3 is 20.2 Å². The van der Waals surface area contributed by atoms with Gasteiger partial charge in [-0.1, -0.05) is 54.6 Å². The van der Waals surface area contributed by atoms with Crippen molar-refractivity contribution in [2.75, 3.05) is 6.61 Å². The van der Waals surface area contributed by atoms with E-state index < -0.39 is 11.9 Å². The van der Waals surface area contributed by atoms with E-state index in [2.05, 4.69) is 67.5 Å². The van der Waals surface area contributed by atoms with E-state index in [-0.39, 0.29) is 18.2 Å². The zero-order valence-electron chi connectivity index (χ0n) is 23.1. The molecule has 1 unspecified atom stereocenters. The number of aryl methyl sites for hydroxylation is 1. The molecule has 3 rings (SSSR count). The second kappa shape index (κ2) is 14.5. The molecule has 1 heterocycles. The molecular formula is C33H34N4O3. The Hall–Kier alpha value is -4.69. The first kappa shape index (κ1) is 29.9. The molecule has 1 amide bonds. The lowest BCUT2D eigenvalue weighted by Gasteiger charge is -2.17. The van der Waals surface area contributed by atoms with E-state index in [4.69, 9.17) is 9.68 Å². The van der Waals surface area contributed by atoms with Gasteiger partial charge in [-0.3, -0.25) is 4.79 Å². The van der Waals surface area contributed by atoms with Crippen molar-refractivity contribution < 1.29 is 14.3 Å². The van der Waals surface area contributed by atoms with Gasteiger partial charge in [0.25, 0.3) is 5.91 Å². The van der Waals surface area contributed by atoms with Gasteiger partial charge in [0.1, 0.15) is 11.5 Å². The molecule has 2 atom stereocenters. The van der Waals surface area contributed by atoms with Gasteiger partial charge in [-0.2, -0.15) is 10.5 Å². The third-order valence-electron chi connectivity index (χ3n) is 6.52. The SMILES string of the molecule is C=C(/C=C(\C(C#N)=C/C)c1ccc(CNC(C)c2ccc(C)cc2)o1)C(=O)N[C@@H](CO)Cc1ccc(C#N)cc1. The highest BCUT2D eigenvalue weighted by Gasteiger charge is 2.18. The maximum Gasteiger partial charge on any atom is 0.251 e. The van der Waals surface area contributed by atoms with Crippen molar-refractivity contribution in [1.29, 1.82) is 10.5 Å². The van der Waals surface area contributed by atoms with Crippen LogP contribution in [0.4, 0.5) is 0 Å². The first-order chi connectivity index (χ1) is 19.3. The molecule has 0 aliphatic heterocycles. The molecule has 3 aromatic rings. The average molecular weight is 535 g/mol. The van der Waals surface area contributed by atoms with Crippen molar-refractivity contribution in [1.82, 2.24) is 10.6 Å². The van der Waals surface area contributed by atoms with Crippen LogP contribution < -0.4 is 10.6 Å². The number of nitrogens with one attached hydrogen (secondary N) is 2. The van der Waals surface area contributed by atoms with E-state index in [0.717, 1.165) is 5.56 Å². The highest BCUT2D eigenvalue weighted by Crippen LogP contribution is 2.27. The number of benzene rings is 2. The topological polar surface area (TPSA) is 122 Å². The number of carbonyl (C=O) groups excluding carboxylic acids is 1. The van der Waals surface area contributed by atoms with Crippen LogP contribution in [0.5, 0.6) is 0 Å². The average Bonchev–Trinajstić information content (AvgIpc) is 3.45. The van der Waals surface area contributed by atoms with Gasteiger partial charge in [0, 0.05) is 17.2 Å². The lowest BCUT2D eigenvalue weighted by Crippen LogP contribution is -2.39. The van der Waals surface area contributed by atoms with Crippen LogP contribution in [0.1, 0.15) is 53.7 Å². The molecule has 0 radical (unpaired) electrons. The van der Waals surface area contributed by atoms with Crippen LogP contribution >= 0.6 is 0 Å². The summed E-state index contributed by atoms with van der Waals surface area (Å²) in [5.41, 5.74) is 4.68. The Labute approximate surface area is 235 Å². The van der Waals surface area contributed by atoms with Crippen molar-refractivity contribution in [3.8, 4) is 12.1 Å². The normalized spacial score (nSPS) is 13.2. The smallest absolute Gasteiger partial charge is 0.251 e. The quantitative estimate of drug-likeness (QED) is 0.162. The summed E-state index contributed by atoms with van der Waals surface area (Å²) in [6.07, 6.45) is 3.55. The molecule has 1 aromatic heterocycles. The van der Waals surface area contributed by atoms with Gasteiger partial charge in [-0.15, -0.1) is 0 Å². The molecule has 2 aromatic carbocycles. The largest absolute Gasteiger partial charge is 0.460 e. The fraction of sp³-hybridized carbons (Fsp3) is 0.242. The number of furan rings is 1. The van der Waals surface area contributed by atoms with E-state index >= 15 is 0 Å². The van der Waals surface area contributed by atoms with Crippen LogP contribution in [0.2, 0.25) is 0 Å². The minimum Gasteiger partial charge on any atom is -0.460 e. The van der Waals surface area contributed by atoms with Crippen LogP contribution in [0.3, 0.4) is 0 Å². The van der Waals surface area contributed by atoms with Crippen LogP contribution in [0.25, 0.3) is 5.57 Å². The standard InChI is InChI=1S/C33H34N4O3/c1-5-27(19-35)31(32-15-14-30(40-32)20-36-24(4)28-12-6-22(2)7-13-28)16-23(3)33(39)37-29(21-38)17-25-8-10-26(18-34)11-9-25/h5-16,24,29,36,38H,3,17,20-21H2,1-2,4H3,(H,37,39)/b27-5-,31-16+/t24?,29-/m1/s1. The zero-order valence-corrected chi connectivity index (χ0v) is 23.1. The number of amides is 1. The maximum absolute atomic E-state index is 13.0. The summed E-state index contributed by atoms with van der Waals surface area (Å²) in [5, 5.41) is 34.8. The summed E-state index contributed by atoms with van der Waals surface area (Å²) < 4.78 is 6.06. The van der Waals surface area contributed by atoms with Gasteiger partial charge >= 0.3 is 0 Å². The number of nitriles is 2. The van der Waals surface area contributed by atoms with Crippen molar-refractivity contribution in [3.05, 3.63) is 124 Å². The Balaban J connectivity index is 1.71. The maximum atomic E-state index is 13.0. The number of carbonyl (C=O) groups is 1. The van der Waals surface area contributed by atoms with Crippen LogP contribution in [-0.4, -0.2) is 23.7 Å². The van der Waals surface area contributed by atoms with Crippen LogP contribution in [-0.2, 0) is 17.8 Å². The number of aliphatic hydroxyl groups is 1. The summed E-state index contributed by atoms with van der Waals surface area (Å²) >= 11 is 0. The molecule has 0 bridgehead atoms. The molecule has 0 saturated heterocycles. The number of rotatable bonds is 12. The molecule has 0 aliphatic rings. The monoisotopic (exact) mass is 534 g/mol. The predicted octanol–water partition coefficient (Wildman–Crippen LogP) is 5.44. The fourth-order valence-electron chi connectivity index (χ4n) is 4.09. The summed E-state index contributed by atoms with van der Waals surface area (Å²) in [6.45, 7) is 9.98. The van der Waals surface area contributed by atoms with Crippen molar-refractivity contribution in [2.24, 2.45) is 0 Å². The Bertz CT molecular complexity index is 1470. The van der Waals surface area contributed by atoms with E-state index in [1.807, 2.05) is 6.07 Å². The highest BCUT2D eigenvalue weighted by molar-refractivity contribution is 5.99. The first-order valence-corrected chi connectivity index (χ1v) is 13.0. The Morgan fingerprint density at radius 3 is 2.40 bits per heavy atom. The number of hydrogen-bond donors (Lipinski definition) is 3. The van der Waals surface area contributed by atoms with Gasteiger partial charge in [0.05, 0.1) is 42.5 Å². The second-order valence-corrected chi connectivity index (χ2v) is 9.54. The Morgan fingerprint density at radius 1 is 1.10 bits per heavy atom. The minimum atomic E-state index is -0.553. The summed E-state index contributed by atoms with van der Waals surface area (Å²) in [6, 6.07) is 22.7. The van der Waals surface area contributed by atoms with Crippen molar-refractivity contribution >= 4 is 11.5 Å². The van der Waals surface area contributed by atoms with E-state index in [9.17, 15) is 15.2 Å². The molecule has 0 aliphatic carbocycles. The number of allylic oxidation sites excluding steroid dienone is 3. The van der Waals surface area contributed by atoms with Gasteiger partial charge in [0.15, 0.2) is 0 Å². The minimum absolute atomic E-state index is 0.113. The zero-order chi connectivity index (χ0) is 29.1.